The largest absolute Gasteiger partial charge is 0.355 e. The molecule has 2 heterocycles. The maximum absolute atomic E-state index is 12.0. The molecule has 0 aliphatic heterocycles. The van der Waals surface area contributed by atoms with Crippen LogP contribution in [0.3, 0.4) is 0 Å². The van der Waals surface area contributed by atoms with Crippen LogP contribution in [-0.4, -0.2) is 22.0 Å². The van der Waals surface area contributed by atoms with Crippen LogP contribution in [0.1, 0.15) is 37.8 Å². The molecule has 1 N–H and O–H groups in total. The monoisotopic (exact) mass is 315 g/mol. The van der Waals surface area contributed by atoms with E-state index in [1.807, 2.05) is 34.5 Å². The highest BCUT2D eigenvalue weighted by atomic mass is 32.1. The molecule has 1 amide bonds. The smallest absolute Gasteiger partial charge is 0.226 e. The van der Waals surface area contributed by atoms with Crippen LogP contribution in [0, 0.1) is 0 Å². The molecule has 0 saturated carbocycles. The predicted octanol–water partition coefficient (Wildman–Crippen LogP) is 3.48. The van der Waals surface area contributed by atoms with Gasteiger partial charge in [0, 0.05) is 24.3 Å². The van der Waals surface area contributed by atoms with Crippen LogP contribution in [0.25, 0.3) is 5.13 Å². The lowest BCUT2D eigenvalue weighted by Crippen LogP contribution is -2.26. The Hall–Kier alpha value is -1.88. The summed E-state index contributed by atoms with van der Waals surface area (Å²) in [5, 5.41) is 5.86. The topological polar surface area (TPSA) is 46.9 Å². The summed E-state index contributed by atoms with van der Waals surface area (Å²) >= 11 is 1.56. The third-order valence-electron chi connectivity index (χ3n) is 3.86. The van der Waals surface area contributed by atoms with Gasteiger partial charge in [0.15, 0.2) is 5.13 Å². The van der Waals surface area contributed by atoms with Gasteiger partial charge in [-0.15, -0.1) is 11.3 Å². The summed E-state index contributed by atoms with van der Waals surface area (Å²) in [6.45, 7) is 0.735. The first-order chi connectivity index (χ1) is 10.8. The van der Waals surface area contributed by atoms with Crippen LogP contribution in [0.4, 0.5) is 0 Å². The minimum absolute atomic E-state index is 0.0563. The van der Waals surface area contributed by atoms with E-state index in [4.69, 9.17) is 0 Å². The maximum Gasteiger partial charge on any atom is 0.226 e. The van der Waals surface area contributed by atoms with E-state index in [0.717, 1.165) is 23.8 Å². The molecule has 1 aliphatic carbocycles. The number of carbonyl (C=O) groups is 1. The van der Waals surface area contributed by atoms with Gasteiger partial charge >= 0.3 is 0 Å². The lowest BCUT2D eigenvalue weighted by Gasteiger charge is -2.12. The van der Waals surface area contributed by atoms with Crippen LogP contribution < -0.4 is 5.32 Å². The molecule has 0 unspecified atom stereocenters. The number of amides is 1. The van der Waals surface area contributed by atoms with Crippen molar-refractivity contribution in [2.45, 2.75) is 38.5 Å². The number of hydrogen-bond acceptors (Lipinski definition) is 3. The molecule has 22 heavy (non-hydrogen) atoms. The number of hydrogen-bond donors (Lipinski definition) is 1. The van der Waals surface area contributed by atoms with Crippen molar-refractivity contribution in [1.29, 1.82) is 0 Å². The maximum atomic E-state index is 12.0. The van der Waals surface area contributed by atoms with Crippen LogP contribution in [0.15, 0.2) is 41.6 Å². The molecule has 3 rings (SSSR count). The molecule has 0 fully saturated rings. The summed E-state index contributed by atoms with van der Waals surface area (Å²) in [4.78, 5) is 16.5. The minimum atomic E-state index is 0.0563. The van der Waals surface area contributed by atoms with Crippen molar-refractivity contribution in [3.8, 4) is 5.13 Å². The van der Waals surface area contributed by atoms with E-state index < -0.39 is 0 Å². The van der Waals surface area contributed by atoms with Gasteiger partial charge in [-0.3, -0.25) is 4.79 Å². The van der Waals surface area contributed by atoms with Crippen molar-refractivity contribution in [3.63, 3.8) is 0 Å². The Kier molecular flexibility index (Phi) is 5.06. The SMILES string of the molecule is O=C(Cc1csc(-n2cccc2)n1)NCCC1=CCCCC1. The van der Waals surface area contributed by atoms with Crippen LogP contribution >= 0.6 is 11.3 Å². The molecule has 5 heteroatoms. The highest BCUT2D eigenvalue weighted by Crippen LogP contribution is 2.19. The molecular weight excluding hydrogens is 294 g/mol. The van der Waals surface area contributed by atoms with Crippen LogP contribution in [0.2, 0.25) is 0 Å². The Labute approximate surface area is 134 Å². The molecule has 0 atom stereocenters. The second-order valence-corrected chi connectivity index (χ2v) is 6.43. The van der Waals surface area contributed by atoms with Gasteiger partial charge in [0.2, 0.25) is 5.91 Å². The summed E-state index contributed by atoms with van der Waals surface area (Å²) in [6, 6.07) is 3.93. The third kappa shape index (κ3) is 4.07. The summed E-state index contributed by atoms with van der Waals surface area (Å²) < 4.78 is 1.96. The Morgan fingerprint density at radius 2 is 2.18 bits per heavy atom. The molecule has 0 spiro atoms. The Bertz CT molecular complexity index is 643. The highest BCUT2D eigenvalue weighted by Gasteiger charge is 2.09. The van der Waals surface area contributed by atoms with Gasteiger partial charge in [-0.25, -0.2) is 4.98 Å². The Morgan fingerprint density at radius 3 is 2.95 bits per heavy atom. The Morgan fingerprint density at radius 1 is 1.32 bits per heavy atom. The van der Waals surface area contributed by atoms with E-state index >= 15 is 0 Å². The van der Waals surface area contributed by atoms with Crippen molar-refractivity contribution in [1.82, 2.24) is 14.9 Å². The molecule has 0 saturated heterocycles. The highest BCUT2D eigenvalue weighted by molar-refractivity contribution is 7.12. The number of thiazole rings is 1. The molecule has 1 aliphatic rings. The zero-order chi connectivity index (χ0) is 15.2. The average molecular weight is 315 g/mol. The van der Waals surface area contributed by atoms with Crippen molar-refractivity contribution >= 4 is 17.2 Å². The zero-order valence-corrected chi connectivity index (χ0v) is 13.4. The van der Waals surface area contributed by atoms with Crippen molar-refractivity contribution in [2.75, 3.05) is 6.54 Å². The summed E-state index contributed by atoms with van der Waals surface area (Å²) in [5.74, 6) is 0.0563. The van der Waals surface area contributed by atoms with Gasteiger partial charge in [0.1, 0.15) is 0 Å². The number of nitrogens with zero attached hydrogens (tertiary/aromatic N) is 2. The molecule has 0 bridgehead atoms. The standard InChI is InChI=1S/C17H21N3OS/c21-16(18-9-8-14-6-2-1-3-7-14)12-15-13-22-17(19-15)20-10-4-5-11-20/h4-6,10-11,13H,1-3,7-9,12H2,(H,18,21). The van der Waals surface area contributed by atoms with E-state index in [0.29, 0.717) is 6.42 Å². The fourth-order valence-corrected chi connectivity index (χ4v) is 3.47. The fraction of sp³-hybridized carbons (Fsp3) is 0.412. The zero-order valence-electron chi connectivity index (χ0n) is 12.6. The number of carbonyl (C=O) groups excluding carboxylic acids is 1. The predicted molar refractivity (Wildman–Crippen MR) is 89.3 cm³/mol. The van der Waals surface area contributed by atoms with Gasteiger partial charge < -0.3 is 9.88 Å². The van der Waals surface area contributed by atoms with Crippen molar-refractivity contribution in [3.05, 3.63) is 47.2 Å². The number of aromatic nitrogens is 2. The normalized spacial score (nSPS) is 14.6. The van der Waals surface area contributed by atoms with Gasteiger partial charge in [0.25, 0.3) is 0 Å². The first kappa shape index (κ1) is 15.0. The van der Waals surface area contributed by atoms with Crippen LogP contribution in [-0.2, 0) is 11.2 Å². The molecule has 0 aromatic carbocycles. The minimum Gasteiger partial charge on any atom is -0.355 e. The fourth-order valence-electron chi connectivity index (χ4n) is 2.68. The summed E-state index contributed by atoms with van der Waals surface area (Å²) in [7, 11) is 0. The van der Waals surface area contributed by atoms with Gasteiger partial charge in [0.05, 0.1) is 12.1 Å². The number of nitrogens with one attached hydrogen (secondary N) is 1. The molecule has 4 nitrogen and oxygen atoms in total. The van der Waals surface area contributed by atoms with Crippen LogP contribution in [0.5, 0.6) is 0 Å². The Balaban J connectivity index is 1.44. The van der Waals surface area contributed by atoms with Gasteiger partial charge in [-0.05, 0) is 44.2 Å². The molecule has 2 aromatic heterocycles. The van der Waals surface area contributed by atoms with Gasteiger partial charge in [-0.2, -0.15) is 0 Å². The van der Waals surface area contributed by atoms with Crippen molar-refractivity contribution in [2.24, 2.45) is 0 Å². The lowest BCUT2D eigenvalue weighted by atomic mass is 9.97. The van der Waals surface area contributed by atoms with E-state index in [1.165, 1.54) is 31.3 Å². The number of allylic oxidation sites excluding steroid dienone is 1. The second kappa shape index (κ2) is 7.40. The molecular formula is C17H21N3OS. The quantitative estimate of drug-likeness (QED) is 0.830. The van der Waals surface area contributed by atoms with E-state index in [2.05, 4.69) is 16.4 Å². The van der Waals surface area contributed by atoms with Gasteiger partial charge in [-0.1, -0.05) is 11.6 Å². The second-order valence-electron chi connectivity index (χ2n) is 5.60. The van der Waals surface area contributed by atoms with E-state index in [-0.39, 0.29) is 5.91 Å². The first-order valence-electron chi connectivity index (χ1n) is 7.83. The summed E-state index contributed by atoms with van der Waals surface area (Å²) in [5.41, 5.74) is 2.33. The summed E-state index contributed by atoms with van der Waals surface area (Å²) in [6.07, 6.45) is 12.6. The van der Waals surface area contributed by atoms with E-state index in [9.17, 15) is 4.79 Å². The molecule has 0 radical (unpaired) electrons. The average Bonchev–Trinajstić information content (AvgIpc) is 3.19. The van der Waals surface area contributed by atoms with Crippen molar-refractivity contribution < 1.29 is 4.79 Å². The lowest BCUT2D eigenvalue weighted by molar-refractivity contribution is -0.120. The molecule has 2 aromatic rings. The first-order valence-corrected chi connectivity index (χ1v) is 8.71. The van der Waals surface area contributed by atoms with E-state index in [1.54, 1.807) is 11.3 Å². The molecule has 116 valence electrons. The third-order valence-corrected chi connectivity index (χ3v) is 4.76. The number of rotatable bonds is 6.